The molecule has 0 radical (unpaired) electrons. The number of aromatic nitrogens is 1. The van der Waals surface area contributed by atoms with E-state index in [1.807, 2.05) is 0 Å². The van der Waals surface area contributed by atoms with Gasteiger partial charge in [0.2, 0.25) is 0 Å². The van der Waals surface area contributed by atoms with Gasteiger partial charge in [0.05, 0.1) is 11.0 Å². The van der Waals surface area contributed by atoms with Crippen molar-refractivity contribution in [3.8, 4) is 0 Å². The van der Waals surface area contributed by atoms with Gasteiger partial charge in [-0.3, -0.25) is 4.98 Å². The number of halogens is 1. The number of aromatic carboxylic acids is 1. The van der Waals surface area contributed by atoms with Crippen LogP contribution in [0.3, 0.4) is 0 Å². The van der Waals surface area contributed by atoms with Gasteiger partial charge in [-0.1, -0.05) is 11.6 Å². The molecule has 0 atom stereocenters. The number of pyridine rings is 1. The Morgan fingerprint density at radius 1 is 1.64 bits per heavy atom. The van der Waals surface area contributed by atoms with Crippen molar-refractivity contribution in [1.82, 2.24) is 4.98 Å². The minimum absolute atomic E-state index is 0.107. The monoisotopic (exact) mass is 170 g/mol. The summed E-state index contributed by atoms with van der Waals surface area (Å²) in [5.41, 5.74) is 0.403. The van der Waals surface area contributed by atoms with Crippen molar-refractivity contribution in [1.29, 1.82) is 0 Å². The summed E-state index contributed by atoms with van der Waals surface area (Å²) in [4.78, 5) is 14.0. The highest BCUT2D eigenvalue weighted by molar-refractivity contribution is 6.33. The molecule has 0 bridgehead atoms. The predicted molar refractivity (Wildman–Crippen MR) is 38.3 cm³/mol. The van der Waals surface area contributed by atoms with Gasteiger partial charge in [-0.2, -0.15) is 0 Å². The molecule has 1 heterocycles. The number of carbonyl (C=O) groups is 1. The maximum atomic E-state index is 10.3. The molecule has 58 valence electrons. The lowest BCUT2D eigenvalue weighted by molar-refractivity contribution is -0.255. The normalized spacial score (nSPS) is 9.64. The van der Waals surface area contributed by atoms with E-state index in [2.05, 4.69) is 4.98 Å². The zero-order valence-electron chi connectivity index (χ0n) is 5.80. The molecule has 0 aliphatic heterocycles. The molecule has 0 saturated carbocycles. The van der Waals surface area contributed by atoms with Crippen molar-refractivity contribution in [3.05, 3.63) is 28.5 Å². The first-order valence-electron chi connectivity index (χ1n) is 2.96. The maximum Gasteiger partial charge on any atom is 0.105 e. The van der Waals surface area contributed by atoms with Gasteiger partial charge in [0.25, 0.3) is 0 Å². The molecule has 0 saturated heterocycles. The van der Waals surface area contributed by atoms with Crippen LogP contribution < -0.4 is 5.11 Å². The SMILES string of the molecule is Cc1ccc(Cl)c(C(=O)[O-])n1. The molecule has 0 aromatic carbocycles. The van der Waals surface area contributed by atoms with Crippen molar-refractivity contribution in [2.75, 3.05) is 0 Å². The smallest absolute Gasteiger partial charge is 0.105 e. The first-order chi connectivity index (χ1) is 5.11. The Kier molecular flexibility index (Phi) is 2.10. The van der Waals surface area contributed by atoms with Crippen LogP contribution in [0.2, 0.25) is 5.02 Å². The van der Waals surface area contributed by atoms with E-state index in [1.165, 1.54) is 6.07 Å². The van der Waals surface area contributed by atoms with E-state index in [9.17, 15) is 9.90 Å². The summed E-state index contributed by atoms with van der Waals surface area (Å²) in [5, 5.41) is 10.4. The lowest BCUT2D eigenvalue weighted by Gasteiger charge is -2.03. The second-order valence-corrected chi connectivity index (χ2v) is 2.48. The average molecular weight is 171 g/mol. The third-order valence-corrected chi connectivity index (χ3v) is 1.48. The summed E-state index contributed by atoms with van der Waals surface area (Å²) in [5.74, 6) is -1.35. The molecule has 11 heavy (non-hydrogen) atoms. The van der Waals surface area contributed by atoms with Crippen LogP contribution in [0.5, 0.6) is 0 Å². The average Bonchev–Trinajstić information content (AvgIpc) is 1.94. The quantitative estimate of drug-likeness (QED) is 0.613. The highest BCUT2D eigenvalue weighted by Gasteiger charge is 2.01. The molecule has 3 nitrogen and oxygen atoms in total. The predicted octanol–water partition coefficient (Wildman–Crippen LogP) is 0.407. The Morgan fingerprint density at radius 2 is 2.27 bits per heavy atom. The van der Waals surface area contributed by atoms with E-state index in [1.54, 1.807) is 13.0 Å². The molecule has 1 aromatic rings. The summed E-state index contributed by atoms with van der Waals surface area (Å²) in [6.45, 7) is 1.68. The second-order valence-electron chi connectivity index (χ2n) is 2.07. The van der Waals surface area contributed by atoms with Gasteiger partial charge in [0, 0.05) is 5.69 Å². The van der Waals surface area contributed by atoms with E-state index in [4.69, 9.17) is 11.6 Å². The van der Waals surface area contributed by atoms with E-state index < -0.39 is 5.97 Å². The summed E-state index contributed by atoms with van der Waals surface area (Å²) in [6, 6.07) is 3.11. The summed E-state index contributed by atoms with van der Waals surface area (Å²) >= 11 is 5.51. The van der Waals surface area contributed by atoms with Crippen LogP contribution in [0.25, 0.3) is 0 Å². The first kappa shape index (κ1) is 8.01. The van der Waals surface area contributed by atoms with Gasteiger partial charge in [-0.05, 0) is 19.1 Å². The Balaban J connectivity index is 3.23. The van der Waals surface area contributed by atoms with Crippen molar-refractivity contribution in [2.24, 2.45) is 0 Å². The third-order valence-electron chi connectivity index (χ3n) is 1.18. The topological polar surface area (TPSA) is 53.0 Å². The minimum atomic E-state index is -1.35. The van der Waals surface area contributed by atoms with Gasteiger partial charge >= 0.3 is 0 Å². The van der Waals surface area contributed by atoms with Crippen LogP contribution in [-0.4, -0.2) is 11.0 Å². The first-order valence-corrected chi connectivity index (χ1v) is 3.33. The van der Waals surface area contributed by atoms with Crippen molar-refractivity contribution in [3.63, 3.8) is 0 Å². The van der Waals surface area contributed by atoms with Gasteiger partial charge in [-0.25, -0.2) is 0 Å². The van der Waals surface area contributed by atoms with Gasteiger partial charge in [0.1, 0.15) is 5.69 Å². The highest BCUT2D eigenvalue weighted by atomic mass is 35.5. The number of carboxylic acids is 1. The van der Waals surface area contributed by atoms with Crippen LogP contribution in [0, 0.1) is 6.92 Å². The molecule has 0 aliphatic carbocycles. The number of nitrogens with zero attached hydrogens (tertiary/aromatic N) is 1. The van der Waals surface area contributed by atoms with E-state index >= 15 is 0 Å². The molecule has 4 heteroatoms. The highest BCUT2D eigenvalue weighted by Crippen LogP contribution is 2.12. The molecular formula is C7H5ClNO2-. The molecule has 0 amide bonds. The Hall–Kier alpha value is -1.09. The summed E-state index contributed by atoms with van der Waals surface area (Å²) in [6.07, 6.45) is 0. The number of carbonyl (C=O) groups excluding carboxylic acids is 1. The van der Waals surface area contributed by atoms with Crippen molar-refractivity contribution >= 4 is 17.6 Å². The van der Waals surface area contributed by atoms with Gasteiger partial charge in [0.15, 0.2) is 0 Å². The maximum absolute atomic E-state index is 10.3. The van der Waals surface area contributed by atoms with E-state index in [0.717, 1.165) is 0 Å². The zero-order chi connectivity index (χ0) is 8.43. The van der Waals surface area contributed by atoms with E-state index in [0.29, 0.717) is 5.69 Å². The molecule has 1 aromatic heterocycles. The summed E-state index contributed by atoms with van der Waals surface area (Å²) in [7, 11) is 0. The van der Waals surface area contributed by atoms with Crippen LogP contribution in [0.1, 0.15) is 16.2 Å². The number of rotatable bonds is 1. The van der Waals surface area contributed by atoms with Gasteiger partial charge < -0.3 is 9.90 Å². The molecule has 0 spiro atoms. The molecule has 0 unspecified atom stereocenters. The fraction of sp³-hybridized carbons (Fsp3) is 0.143. The molecule has 0 aliphatic rings. The van der Waals surface area contributed by atoms with Crippen LogP contribution in [0.15, 0.2) is 12.1 Å². The minimum Gasteiger partial charge on any atom is -0.543 e. The number of carboxylic acid groups (broad SMARTS) is 1. The molecule has 0 N–H and O–H groups in total. The lowest BCUT2D eigenvalue weighted by Crippen LogP contribution is -2.24. The van der Waals surface area contributed by atoms with Gasteiger partial charge in [-0.15, -0.1) is 0 Å². The largest absolute Gasteiger partial charge is 0.543 e. The zero-order valence-corrected chi connectivity index (χ0v) is 6.55. The number of aryl methyl sites for hydroxylation is 1. The fourth-order valence-corrected chi connectivity index (χ4v) is 0.865. The third kappa shape index (κ3) is 1.68. The van der Waals surface area contributed by atoms with Crippen LogP contribution in [-0.2, 0) is 0 Å². The van der Waals surface area contributed by atoms with Crippen molar-refractivity contribution in [2.45, 2.75) is 6.92 Å². The standard InChI is InChI=1S/C7H6ClNO2/c1-4-2-3-5(8)6(9-4)7(10)11/h2-3H,1H3,(H,10,11)/p-1. The second kappa shape index (κ2) is 2.88. The van der Waals surface area contributed by atoms with Crippen molar-refractivity contribution < 1.29 is 9.90 Å². The Bertz CT molecular complexity index is 298. The molecule has 0 fully saturated rings. The summed E-state index contributed by atoms with van der Waals surface area (Å²) < 4.78 is 0. The van der Waals surface area contributed by atoms with E-state index in [-0.39, 0.29) is 10.7 Å². The number of hydrogen-bond acceptors (Lipinski definition) is 3. The van der Waals surface area contributed by atoms with Crippen LogP contribution >= 0.6 is 11.6 Å². The molecule has 1 rings (SSSR count). The van der Waals surface area contributed by atoms with Crippen LogP contribution in [0.4, 0.5) is 0 Å². The Morgan fingerprint density at radius 3 is 2.73 bits per heavy atom. The lowest BCUT2D eigenvalue weighted by atomic mass is 10.3. The Labute approximate surface area is 68.6 Å². The number of hydrogen-bond donors (Lipinski definition) is 0. The molecular weight excluding hydrogens is 166 g/mol. The fourth-order valence-electron chi connectivity index (χ4n) is 0.683.